The molecule has 1 N–H and O–H groups in total. The van der Waals surface area contributed by atoms with Crippen molar-refractivity contribution < 1.29 is 13.9 Å². The van der Waals surface area contributed by atoms with Gasteiger partial charge in [-0.2, -0.15) is 5.10 Å². The van der Waals surface area contributed by atoms with E-state index in [1.165, 1.54) is 0 Å². The summed E-state index contributed by atoms with van der Waals surface area (Å²) in [6.45, 7) is 0.706. The molecule has 0 bridgehead atoms. The molecule has 2 aliphatic heterocycles. The average molecular weight is 593 g/mol. The Morgan fingerprint density at radius 2 is 1.86 bits per heavy atom. The summed E-state index contributed by atoms with van der Waals surface area (Å²) in [6.07, 6.45) is 7.29. The van der Waals surface area contributed by atoms with Gasteiger partial charge in [0.15, 0.2) is 6.23 Å². The third-order valence-electron chi connectivity index (χ3n) is 6.51. The Kier molecular flexibility index (Phi) is 6.41. The molecule has 1 saturated heterocycles. The minimum atomic E-state index is -0.218. The molecule has 4 aromatic rings. The molecular formula is C27H24IN5O3. The van der Waals surface area contributed by atoms with Crippen LogP contribution < -0.4 is 5.32 Å². The molecular weight excluding hydrogens is 569 g/mol. The van der Waals surface area contributed by atoms with Gasteiger partial charge < -0.3 is 14.5 Å². The van der Waals surface area contributed by atoms with Crippen LogP contribution in [0.3, 0.4) is 0 Å². The maximum absolute atomic E-state index is 12.8. The number of nitrogens with zero attached hydrogens (tertiary/aromatic N) is 4. The van der Waals surface area contributed by atoms with Crippen LogP contribution >= 0.6 is 22.6 Å². The maximum atomic E-state index is 12.8. The van der Waals surface area contributed by atoms with Crippen LogP contribution in [0, 0.1) is 3.57 Å². The van der Waals surface area contributed by atoms with Crippen molar-refractivity contribution in [1.82, 2.24) is 25.3 Å². The standard InChI is InChI=1S/C27H24IN5O3/c28-24-21(13-14-22-30-31-27(36-22)17-8-2-1-3-9-17)33(23-12-6-7-15-35-23)32-25(24)20-16-18-10-4-5-11-19(18)26(34)29-20/h1-5,8-11,13-14,20,23H,6-7,12,15-16H2,(H,29,34)/b14-13+. The predicted molar refractivity (Wildman–Crippen MR) is 143 cm³/mol. The van der Waals surface area contributed by atoms with Gasteiger partial charge in [-0.3, -0.25) is 4.79 Å². The number of carbonyl (C=O) groups excluding carboxylic acids is 1. The van der Waals surface area contributed by atoms with E-state index in [4.69, 9.17) is 14.3 Å². The monoisotopic (exact) mass is 593 g/mol. The van der Waals surface area contributed by atoms with Gasteiger partial charge in [0.2, 0.25) is 11.8 Å². The molecule has 0 spiro atoms. The van der Waals surface area contributed by atoms with E-state index in [1.54, 1.807) is 6.08 Å². The molecule has 1 amide bonds. The summed E-state index contributed by atoms with van der Waals surface area (Å²) in [7, 11) is 0. The van der Waals surface area contributed by atoms with E-state index in [-0.39, 0.29) is 18.2 Å². The second-order valence-electron chi connectivity index (χ2n) is 8.88. The van der Waals surface area contributed by atoms with Crippen molar-refractivity contribution in [3.8, 4) is 11.5 Å². The van der Waals surface area contributed by atoms with E-state index in [0.29, 0.717) is 24.8 Å². The van der Waals surface area contributed by atoms with E-state index in [0.717, 1.165) is 50.9 Å². The fourth-order valence-corrected chi connectivity index (χ4v) is 5.61. The highest BCUT2D eigenvalue weighted by Crippen LogP contribution is 2.34. The fourth-order valence-electron chi connectivity index (χ4n) is 4.70. The SMILES string of the molecule is O=C1NC(c2nn(C3CCCCO3)c(/C=C/c3nnc(-c4ccccc4)o3)c2I)Cc2ccccc21. The first-order valence-electron chi connectivity index (χ1n) is 12.0. The zero-order valence-corrected chi connectivity index (χ0v) is 21.6. The number of aromatic nitrogens is 4. The maximum Gasteiger partial charge on any atom is 0.252 e. The number of hydrogen-bond donors (Lipinski definition) is 1. The Morgan fingerprint density at radius 1 is 1.03 bits per heavy atom. The normalized spacial score (nSPS) is 19.9. The van der Waals surface area contributed by atoms with E-state index in [9.17, 15) is 4.79 Å². The molecule has 1 fully saturated rings. The Balaban J connectivity index is 1.34. The van der Waals surface area contributed by atoms with Crippen LogP contribution in [0.5, 0.6) is 0 Å². The minimum Gasteiger partial charge on any atom is -0.417 e. The summed E-state index contributed by atoms with van der Waals surface area (Å²) in [5.41, 5.74) is 4.36. The van der Waals surface area contributed by atoms with Crippen molar-refractivity contribution in [3.63, 3.8) is 0 Å². The largest absolute Gasteiger partial charge is 0.417 e. The number of ether oxygens (including phenoxy) is 1. The molecule has 2 unspecified atom stereocenters. The van der Waals surface area contributed by atoms with Crippen molar-refractivity contribution in [2.24, 2.45) is 0 Å². The van der Waals surface area contributed by atoms with Crippen LogP contribution in [-0.2, 0) is 11.2 Å². The van der Waals surface area contributed by atoms with Gasteiger partial charge in [0.05, 0.1) is 21.0 Å². The van der Waals surface area contributed by atoms with Gasteiger partial charge >= 0.3 is 0 Å². The molecule has 8 nitrogen and oxygen atoms in total. The lowest BCUT2D eigenvalue weighted by atomic mass is 9.93. The van der Waals surface area contributed by atoms with Gasteiger partial charge in [-0.1, -0.05) is 36.4 Å². The summed E-state index contributed by atoms with van der Waals surface area (Å²) in [5, 5.41) is 16.5. The fraction of sp³-hybridized carbons (Fsp3) is 0.259. The average Bonchev–Trinajstić information content (AvgIpc) is 3.53. The number of nitrogens with one attached hydrogen (secondary N) is 1. The molecule has 2 atom stereocenters. The third kappa shape index (κ3) is 4.48. The lowest BCUT2D eigenvalue weighted by molar-refractivity contribution is -0.0401. The predicted octanol–water partition coefficient (Wildman–Crippen LogP) is 5.43. The summed E-state index contributed by atoms with van der Waals surface area (Å²) in [6, 6.07) is 17.2. The van der Waals surface area contributed by atoms with Crippen LogP contribution in [0.4, 0.5) is 0 Å². The van der Waals surface area contributed by atoms with Gasteiger partial charge in [0.1, 0.15) is 0 Å². The van der Waals surface area contributed by atoms with Crippen molar-refractivity contribution in [2.45, 2.75) is 38.0 Å². The molecule has 0 radical (unpaired) electrons. The number of amides is 1. The molecule has 2 aliphatic rings. The quantitative estimate of drug-likeness (QED) is 0.310. The zero-order valence-electron chi connectivity index (χ0n) is 19.4. The summed E-state index contributed by atoms with van der Waals surface area (Å²) in [5.74, 6) is 0.805. The van der Waals surface area contributed by atoms with Crippen LogP contribution in [0.2, 0.25) is 0 Å². The van der Waals surface area contributed by atoms with Crippen LogP contribution in [0.1, 0.15) is 64.7 Å². The number of benzene rings is 2. The molecule has 0 aliphatic carbocycles. The van der Waals surface area contributed by atoms with Gasteiger partial charge in [-0.15, -0.1) is 10.2 Å². The highest BCUT2D eigenvalue weighted by molar-refractivity contribution is 14.1. The second kappa shape index (κ2) is 9.98. The van der Waals surface area contributed by atoms with Crippen LogP contribution in [0.25, 0.3) is 23.6 Å². The number of rotatable bonds is 5. The number of hydrogen-bond acceptors (Lipinski definition) is 6. The Labute approximate surface area is 221 Å². The zero-order chi connectivity index (χ0) is 24.5. The van der Waals surface area contributed by atoms with Crippen LogP contribution in [0.15, 0.2) is 59.0 Å². The number of halogens is 1. The number of carbonyl (C=O) groups is 1. The van der Waals surface area contributed by atoms with Crippen molar-refractivity contribution in [3.05, 3.63) is 86.6 Å². The van der Waals surface area contributed by atoms with E-state index >= 15 is 0 Å². The highest BCUT2D eigenvalue weighted by Gasteiger charge is 2.31. The summed E-state index contributed by atoms with van der Waals surface area (Å²) in [4.78, 5) is 12.8. The molecule has 6 rings (SSSR count). The molecule has 0 saturated carbocycles. The van der Waals surface area contributed by atoms with Crippen molar-refractivity contribution in [1.29, 1.82) is 0 Å². The first kappa shape index (κ1) is 23.1. The third-order valence-corrected chi connectivity index (χ3v) is 7.61. The second-order valence-corrected chi connectivity index (χ2v) is 9.96. The first-order chi connectivity index (χ1) is 17.7. The minimum absolute atomic E-state index is 0.0718. The summed E-state index contributed by atoms with van der Waals surface area (Å²) < 4.78 is 14.8. The Bertz CT molecular complexity index is 1420. The molecule has 182 valence electrons. The highest BCUT2D eigenvalue weighted by atomic mass is 127. The molecule has 4 heterocycles. The molecule has 2 aromatic carbocycles. The number of fused-ring (bicyclic) bond motifs is 1. The molecule has 36 heavy (non-hydrogen) atoms. The Hall–Kier alpha value is -3.31. The van der Waals surface area contributed by atoms with E-state index < -0.39 is 0 Å². The smallest absolute Gasteiger partial charge is 0.252 e. The van der Waals surface area contributed by atoms with E-state index in [1.807, 2.05) is 65.4 Å². The summed E-state index contributed by atoms with van der Waals surface area (Å²) >= 11 is 2.32. The molecule has 9 heteroatoms. The lowest BCUT2D eigenvalue weighted by Gasteiger charge is -2.25. The lowest BCUT2D eigenvalue weighted by Crippen LogP contribution is -2.36. The van der Waals surface area contributed by atoms with Crippen LogP contribution in [-0.4, -0.2) is 32.5 Å². The van der Waals surface area contributed by atoms with Crippen molar-refractivity contribution in [2.75, 3.05) is 6.61 Å². The van der Waals surface area contributed by atoms with Crippen molar-refractivity contribution >= 4 is 40.7 Å². The Morgan fingerprint density at radius 3 is 2.69 bits per heavy atom. The van der Waals surface area contributed by atoms with E-state index in [2.05, 4.69) is 38.1 Å². The van der Waals surface area contributed by atoms with Gasteiger partial charge in [-0.05, 0) is 78.1 Å². The van der Waals surface area contributed by atoms with Gasteiger partial charge in [-0.25, -0.2) is 4.68 Å². The van der Waals surface area contributed by atoms with Gasteiger partial charge in [0.25, 0.3) is 5.91 Å². The topological polar surface area (TPSA) is 95.1 Å². The van der Waals surface area contributed by atoms with Gasteiger partial charge in [0, 0.05) is 23.8 Å². The first-order valence-corrected chi connectivity index (χ1v) is 13.1. The molecule has 2 aromatic heterocycles.